The van der Waals surface area contributed by atoms with Gasteiger partial charge < -0.3 is 14.9 Å². The van der Waals surface area contributed by atoms with Crippen LogP contribution in [0.3, 0.4) is 0 Å². The molecule has 3 rings (SSSR count). The number of ether oxygens (including phenoxy) is 1. The first-order valence-electron chi connectivity index (χ1n) is 7.00. The lowest BCUT2D eigenvalue weighted by atomic mass is 9.87. The van der Waals surface area contributed by atoms with E-state index in [1.165, 1.54) is 6.07 Å². The Hall–Kier alpha value is -2.43. The number of hydrogen-bond acceptors (Lipinski definition) is 4. The molecule has 2 radical (unpaired) electrons. The number of Topliss-reactive ketones (excluding diaryl/α,β-unsaturated/α-hetero) is 1. The van der Waals surface area contributed by atoms with Gasteiger partial charge in [0.05, 0.1) is 6.42 Å². The minimum Gasteiger partial charge on any atom is -0.508 e. The number of carbonyl (C=O) groups excluding carboxylic acids is 1. The van der Waals surface area contributed by atoms with E-state index >= 15 is 0 Å². The number of benzene rings is 2. The fraction of sp³-hybridized carbons (Fsp3) is 0.235. The Morgan fingerprint density at radius 1 is 1.18 bits per heavy atom. The SMILES string of the molecule is [B]c1c(O)cc2c(c1O)C(=O)CC(c1ccc(C)c(C)c1)O2. The molecule has 1 unspecified atom stereocenters. The molecule has 0 amide bonds. The molecule has 2 aromatic rings. The van der Waals surface area contributed by atoms with Gasteiger partial charge >= 0.3 is 0 Å². The maximum atomic E-state index is 12.3. The average Bonchev–Trinajstić information content (AvgIpc) is 2.47. The van der Waals surface area contributed by atoms with Gasteiger partial charge in [-0.15, -0.1) is 0 Å². The second-order valence-electron chi connectivity index (χ2n) is 5.61. The number of phenolic OH excluding ortho intramolecular Hbond substituents is 2. The van der Waals surface area contributed by atoms with E-state index in [0.717, 1.165) is 16.7 Å². The molecule has 4 nitrogen and oxygen atoms in total. The molecule has 0 aromatic heterocycles. The van der Waals surface area contributed by atoms with E-state index in [1.54, 1.807) is 0 Å². The van der Waals surface area contributed by atoms with Crippen molar-refractivity contribution in [2.24, 2.45) is 0 Å². The fourth-order valence-corrected chi connectivity index (χ4v) is 2.63. The third-order valence-electron chi connectivity index (χ3n) is 4.10. The van der Waals surface area contributed by atoms with Crippen LogP contribution in [0.4, 0.5) is 0 Å². The van der Waals surface area contributed by atoms with E-state index in [-0.39, 0.29) is 34.7 Å². The van der Waals surface area contributed by atoms with E-state index in [0.29, 0.717) is 0 Å². The van der Waals surface area contributed by atoms with Crippen LogP contribution < -0.4 is 10.2 Å². The fourth-order valence-electron chi connectivity index (χ4n) is 2.63. The number of carbonyl (C=O) groups is 1. The van der Waals surface area contributed by atoms with Crippen LogP contribution in [0.25, 0.3) is 0 Å². The molecule has 0 aliphatic carbocycles. The lowest BCUT2D eigenvalue weighted by Gasteiger charge is -2.27. The van der Waals surface area contributed by atoms with Crippen molar-refractivity contribution in [1.82, 2.24) is 0 Å². The summed E-state index contributed by atoms with van der Waals surface area (Å²) in [6.45, 7) is 4.01. The zero-order valence-electron chi connectivity index (χ0n) is 12.4. The Labute approximate surface area is 129 Å². The molecule has 110 valence electrons. The molecule has 2 aromatic carbocycles. The normalized spacial score (nSPS) is 17.0. The predicted molar refractivity (Wildman–Crippen MR) is 83.4 cm³/mol. The van der Waals surface area contributed by atoms with Crippen molar-refractivity contribution in [3.63, 3.8) is 0 Å². The van der Waals surface area contributed by atoms with Crippen LogP contribution in [0.2, 0.25) is 0 Å². The Balaban J connectivity index is 2.04. The molecule has 1 heterocycles. The van der Waals surface area contributed by atoms with Crippen LogP contribution in [0, 0.1) is 13.8 Å². The summed E-state index contributed by atoms with van der Waals surface area (Å²) in [5, 5.41) is 19.6. The summed E-state index contributed by atoms with van der Waals surface area (Å²) in [7, 11) is 5.54. The highest BCUT2D eigenvalue weighted by Gasteiger charge is 2.31. The zero-order valence-corrected chi connectivity index (χ0v) is 12.4. The Morgan fingerprint density at radius 3 is 2.59 bits per heavy atom. The van der Waals surface area contributed by atoms with Gasteiger partial charge in [-0.25, -0.2) is 0 Å². The first-order chi connectivity index (χ1) is 10.4. The molecule has 1 aliphatic heterocycles. The third-order valence-corrected chi connectivity index (χ3v) is 4.10. The highest BCUT2D eigenvalue weighted by molar-refractivity contribution is 6.37. The van der Waals surface area contributed by atoms with Gasteiger partial charge in [-0.2, -0.15) is 0 Å². The molecule has 1 aliphatic rings. The van der Waals surface area contributed by atoms with Crippen molar-refractivity contribution in [2.45, 2.75) is 26.4 Å². The van der Waals surface area contributed by atoms with Gasteiger partial charge in [-0.05, 0) is 36.0 Å². The molecule has 0 fully saturated rings. The quantitative estimate of drug-likeness (QED) is 0.791. The van der Waals surface area contributed by atoms with E-state index in [4.69, 9.17) is 12.6 Å². The predicted octanol–water partition coefficient (Wildman–Crippen LogP) is 2.21. The number of rotatable bonds is 1. The smallest absolute Gasteiger partial charge is 0.174 e. The topological polar surface area (TPSA) is 66.8 Å². The van der Waals surface area contributed by atoms with E-state index in [9.17, 15) is 15.0 Å². The highest BCUT2D eigenvalue weighted by Crippen LogP contribution is 2.40. The highest BCUT2D eigenvalue weighted by atomic mass is 16.5. The summed E-state index contributed by atoms with van der Waals surface area (Å²) < 4.78 is 5.80. The molecular formula is C17H15BO4. The first kappa shape index (κ1) is 14.5. The Morgan fingerprint density at radius 2 is 1.91 bits per heavy atom. The Bertz CT molecular complexity index is 783. The van der Waals surface area contributed by atoms with Crippen molar-refractivity contribution < 1.29 is 19.7 Å². The zero-order chi connectivity index (χ0) is 16.0. The molecule has 0 spiro atoms. The van der Waals surface area contributed by atoms with Crippen LogP contribution in [-0.2, 0) is 0 Å². The molecule has 0 saturated carbocycles. The van der Waals surface area contributed by atoms with Gasteiger partial charge in [0.1, 0.15) is 36.8 Å². The van der Waals surface area contributed by atoms with Crippen molar-refractivity contribution in [1.29, 1.82) is 0 Å². The number of hydrogen-bond donors (Lipinski definition) is 2. The lowest BCUT2D eigenvalue weighted by molar-refractivity contribution is 0.0845. The third kappa shape index (κ3) is 2.23. The van der Waals surface area contributed by atoms with Crippen LogP contribution >= 0.6 is 0 Å². The summed E-state index contributed by atoms with van der Waals surface area (Å²) in [5.74, 6) is -0.819. The van der Waals surface area contributed by atoms with Crippen LogP contribution in [0.5, 0.6) is 17.2 Å². The van der Waals surface area contributed by atoms with Crippen molar-refractivity contribution >= 4 is 19.1 Å². The Kier molecular flexibility index (Phi) is 3.36. The number of fused-ring (bicyclic) bond motifs is 1. The minimum absolute atomic E-state index is 0.0374. The molecule has 22 heavy (non-hydrogen) atoms. The van der Waals surface area contributed by atoms with Gasteiger partial charge in [0.2, 0.25) is 0 Å². The molecule has 5 heteroatoms. The second kappa shape index (κ2) is 5.09. The van der Waals surface area contributed by atoms with Crippen molar-refractivity contribution in [3.05, 3.63) is 46.5 Å². The summed E-state index contributed by atoms with van der Waals surface area (Å²) in [4.78, 5) is 12.3. The maximum Gasteiger partial charge on any atom is 0.174 e. The van der Waals surface area contributed by atoms with E-state index in [2.05, 4.69) is 0 Å². The number of phenols is 2. The standard InChI is InChI=1S/C17H15BO4/c1-8-3-4-10(5-9(8)2)13-6-11(19)15-14(22-13)7-12(20)16(18)17(15)21/h3-5,7,13,20-21H,6H2,1-2H3. The lowest BCUT2D eigenvalue weighted by Crippen LogP contribution is -2.23. The summed E-state index contributed by atoms with van der Waals surface area (Å²) in [6.07, 6.45) is -0.325. The van der Waals surface area contributed by atoms with Crippen LogP contribution in [0.1, 0.15) is 39.6 Å². The monoisotopic (exact) mass is 294 g/mol. The number of aromatic hydroxyl groups is 2. The minimum atomic E-state index is -0.443. The van der Waals surface area contributed by atoms with Crippen LogP contribution in [0.15, 0.2) is 24.3 Å². The summed E-state index contributed by atoms with van der Waals surface area (Å²) >= 11 is 0. The average molecular weight is 294 g/mol. The number of ketones is 1. The van der Waals surface area contributed by atoms with E-state index in [1.807, 2.05) is 32.0 Å². The van der Waals surface area contributed by atoms with Gasteiger partial charge in [0.25, 0.3) is 0 Å². The van der Waals surface area contributed by atoms with Gasteiger partial charge in [0.15, 0.2) is 5.78 Å². The van der Waals surface area contributed by atoms with Gasteiger partial charge in [-0.1, -0.05) is 18.2 Å². The van der Waals surface area contributed by atoms with Gasteiger partial charge in [-0.3, -0.25) is 4.79 Å². The largest absolute Gasteiger partial charge is 0.508 e. The van der Waals surface area contributed by atoms with Crippen LogP contribution in [-0.4, -0.2) is 23.8 Å². The maximum absolute atomic E-state index is 12.3. The van der Waals surface area contributed by atoms with Crippen molar-refractivity contribution in [2.75, 3.05) is 0 Å². The molecule has 1 atom stereocenters. The first-order valence-corrected chi connectivity index (χ1v) is 7.00. The van der Waals surface area contributed by atoms with E-state index < -0.39 is 11.9 Å². The molecular weight excluding hydrogens is 279 g/mol. The summed E-state index contributed by atoms with van der Waals surface area (Å²) in [5.41, 5.74) is 2.99. The van der Waals surface area contributed by atoms with Gasteiger partial charge in [0, 0.05) is 6.07 Å². The second-order valence-corrected chi connectivity index (χ2v) is 5.61. The molecule has 2 N–H and O–H groups in total. The van der Waals surface area contributed by atoms with Crippen molar-refractivity contribution in [3.8, 4) is 17.2 Å². The number of aryl methyl sites for hydroxylation is 2. The molecule has 0 bridgehead atoms. The molecule has 0 saturated heterocycles. The summed E-state index contributed by atoms with van der Waals surface area (Å²) in [6, 6.07) is 7.15.